The van der Waals surface area contributed by atoms with E-state index in [9.17, 15) is 0 Å². The smallest absolute Gasteiger partial charge is 0.0151 e. The number of hydrogen-bond acceptors (Lipinski definition) is 0. The van der Waals surface area contributed by atoms with Crippen LogP contribution in [-0.2, 0) is 0 Å². The first-order valence-corrected chi connectivity index (χ1v) is 10.4. The fraction of sp³-hybridized carbons (Fsp3) is 0.407. The summed E-state index contributed by atoms with van der Waals surface area (Å²) in [4.78, 5) is 0. The SMILES string of the molecule is C=C(C)c1cc(/C(=C/C)c2ccccc2C)cc(C(C)C)c1.CC.CCC. The van der Waals surface area contributed by atoms with E-state index in [-0.39, 0.29) is 0 Å². The molecule has 0 aliphatic carbocycles. The van der Waals surface area contributed by atoms with Crippen molar-refractivity contribution in [3.63, 3.8) is 0 Å². The maximum atomic E-state index is 4.12. The molecule has 0 unspecified atom stereocenters. The van der Waals surface area contributed by atoms with Crippen molar-refractivity contribution < 1.29 is 0 Å². The topological polar surface area (TPSA) is 0 Å². The van der Waals surface area contributed by atoms with Crippen LogP contribution < -0.4 is 0 Å². The molecule has 0 saturated carbocycles. The Hall–Kier alpha value is -2.08. The molecule has 0 heteroatoms. The summed E-state index contributed by atoms with van der Waals surface area (Å²) in [6.07, 6.45) is 3.46. The Bertz CT molecular complexity index is 729. The Morgan fingerprint density at radius 3 is 1.96 bits per heavy atom. The van der Waals surface area contributed by atoms with E-state index in [0.717, 1.165) is 5.57 Å². The fourth-order valence-corrected chi connectivity index (χ4v) is 2.74. The van der Waals surface area contributed by atoms with Crippen molar-refractivity contribution in [2.24, 2.45) is 0 Å². The largest absolute Gasteiger partial charge is 0.0955 e. The molecule has 2 aromatic rings. The zero-order chi connectivity index (χ0) is 21.0. The Morgan fingerprint density at radius 2 is 1.52 bits per heavy atom. The highest BCUT2D eigenvalue weighted by molar-refractivity contribution is 5.83. The average molecular weight is 365 g/mol. The molecule has 0 fully saturated rings. The lowest BCUT2D eigenvalue weighted by Gasteiger charge is -2.16. The second-order valence-electron chi connectivity index (χ2n) is 7.00. The second kappa shape index (κ2) is 13.1. The van der Waals surface area contributed by atoms with Gasteiger partial charge in [0, 0.05) is 0 Å². The van der Waals surface area contributed by atoms with Crippen molar-refractivity contribution in [1.29, 1.82) is 0 Å². The summed E-state index contributed by atoms with van der Waals surface area (Å²) in [5, 5.41) is 0. The van der Waals surface area contributed by atoms with Crippen molar-refractivity contribution in [1.82, 2.24) is 0 Å². The molecule has 0 N–H and O–H groups in total. The summed E-state index contributed by atoms with van der Waals surface area (Å²) in [7, 11) is 0. The molecule has 0 aliphatic rings. The van der Waals surface area contributed by atoms with E-state index in [1.165, 1.54) is 39.8 Å². The minimum Gasteiger partial charge on any atom is -0.0955 e. The maximum absolute atomic E-state index is 4.12. The van der Waals surface area contributed by atoms with Crippen molar-refractivity contribution in [3.8, 4) is 0 Å². The number of aryl methyl sites for hydroxylation is 1. The third kappa shape index (κ3) is 7.59. The molecule has 0 aromatic heterocycles. The van der Waals surface area contributed by atoms with Crippen molar-refractivity contribution in [3.05, 3.63) is 82.9 Å². The predicted octanol–water partition coefficient (Wildman–Crippen LogP) is 9.05. The molecular formula is C27H40. The zero-order valence-electron chi connectivity index (χ0n) is 19.1. The van der Waals surface area contributed by atoms with E-state index in [2.05, 4.69) is 104 Å². The molecular weight excluding hydrogens is 324 g/mol. The highest BCUT2D eigenvalue weighted by Crippen LogP contribution is 2.31. The van der Waals surface area contributed by atoms with Gasteiger partial charge in [-0.25, -0.2) is 0 Å². The first-order valence-electron chi connectivity index (χ1n) is 10.4. The van der Waals surface area contributed by atoms with Gasteiger partial charge in [-0.3, -0.25) is 0 Å². The third-order valence-electron chi connectivity index (χ3n) is 4.15. The van der Waals surface area contributed by atoms with E-state index in [4.69, 9.17) is 0 Å². The van der Waals surface area contributed by atoms with Gasteiger partial charge in [-0.05, 0) is 66.1 Å². The monoisotopic (exact) mass is 364 g/mol. The van der Waals surface area contributed by atoms with E-state index >= 15 is 0 Å². The summed E-state index contributed by atoms with van der Waals surface area (Å²) in [6.45, 7) is 23.2. The van der Waals surface area contributed by atoms with Gasteiger partial charge in [0.05, 0.1) is 0 Å². The Labute approximate surface area is 169 Å². The molecule has 0 bridgehead atoms. The van der Waals surface area contributed by atoms with Crippen LogP contribution in [0, 0.1) is 6.92 Å². The normalized spacial score (nSPS) is 10.5. The third-order valence-corrected chi connectivity index (χ3v) is 4.15. The molecule has 2 rings (SSSR count). The molecule has 2 aromatic carbocycles. The molecule has 0 heterocycles. The van der Waals surface area contributed by atoms with Crippen LogP contribution in [0.15, 0.2) is 55.1 Å². The molecule has 0 saturated heterocycles. The van der Waals surface area contributed by atoms with E-state index in [1.807, 2.05) is 13.8 Å². The summed E-state index contributed by atoms with van der Waals surface area (Å²) < 4.78 is 0. The Kier molecular flexibility index (Phi) is 12.1. The summed E-state index contributed by atoms with van der Waals surface area (Å²) in [5.41, 5.74) is 8.90. The van der Waals surface area contributed by atoms with Crippen LogP contribution >= 0.6 is 0 Å². The maximum Gasteiger partial charge on any atom is -0.0151 e. The second-order valence-corrected chi connectivity index (χ2v) is 7.00. The van der Waals surface area contributed by atoms with Crippen molar-refractivity contribution in [2.45, 2.75) is 74.7 Å². The van der Waals surface area contributed by atoms with Crippen LogP contribution in [0.1, 0.15) is 95.5 Å². The highest BCUT2D eigenvalue weighted by Gasteiger charge is 2.11. The lowest BCUT2D eigenvalue weighted by atomic mass is 9.89. The molecule has 0 spiro atoms. The van der Waals surface area contributed by atoms with Crippen molar-refractivity contribution in [2.75, 3.05) is 0 Å². The molecule has 0 amide bonds. The number of hydrogen-bond donors (Lipinski definition) is 0. The lowest BCUT2D eigenvalue weighted by molar-refractivity contribution is 0.865. The molecule has 0 radical (unpaired) electrons. The average Bonchev–Trinajstić information content (AvgIpc) is 2.66. The van der Waals surface area contributed by atoms with Gasteiger partial charge >= 0.3 is 0 Å². The zero-order valence-corrected chi connectivity index (χ0v) is 19.1. The predicted molar refractivity (Wildman–Crippen MR) is 126 cm³/mol. The quantitative estimate of drug-likeness (QED) is 0.507. The summed E-state index contributed by atoms with van der Waals surface area (Å²) >= 11 is 0. The number of rotatable bonds is 4. The van der Waals surface area contributed by atoms with Gasteiger partial charge in [0.15, 0.2) is 0 Å². The molecule has 27 heavy (non-hydrogen) atoms. The molecule has 148 valence electrons. The minimum atomic E-state index is 0.507. The van der Waals surface area contributed by atoms with E-state index < -0.39 is 0 Å². The van der Waals surface area contributed by atoms with Crippen LogP contribution in [0.5, 0.6) is 0 Å². The van der Waals surface area contributed by atoms with Crippen LogP contribution in [0.3, 0.4) is 0 Å². The number of benzene rings is 2. The van der Waals surface area contributed by atoms with Gasteiger partial charge in [0.2, 0.25) is 0 Å². The van der Waals surface area contributed by atoms with E-state index in [0.29, 0.717) is 5.92 Å². The molecule has 0 aliphatic heterocycles. The van der Waals surface area contributed by atoms with E-state index in [1.54, 1.807) is 0 Å². The van der Waals surface area contributed by atoms with Crippen LogP contribution in [0.4, 0.5) is 0 Å². The van der Waals surface area contributed by atoms with Gasteiger partial charge in [-0.1, -0.05) is 103 Å². The lowest BCUT2D eigenvalue weighted by Crippen LogP contribution is -1.96. The van der Waals surface area contributed by atoms with Gasteiger partial charge < -0.3 is 0 Å². The Morgan fingerprint density at radius 1 is 1.00 bits per heavy atom. The summed E-state index contributed by atoms with van der Waals surface area (Å²) in [5.74, 6) is 0.507. The molecule has 0 atom stereocenters. The first kappa shape index (κ1) is 24.9. The van der Waals surface area contributed by atoms with Crippen LogP contribution in [-0.4, -0.2) is 0 Å². The van der Waals surface area contributed by atoms with Gasteiger partial charge in [-0.2, -0.15) is 0 Å². The van der Waals surface area contributed by atoms with Crippen LogP contribution in [0.2, 0.25) is 0 Å². The van der Waals surface area contributed by atoms with Crippen LogP contribution in [0.25, 0.3) is 11.1 Å². The fourth-order valence-electron chi connectivity index (χ4n) is 2.74. The molecule has 0 nitrogen and oxygen atoms in total. The first-order chi connectivity index (χ1) is 12.8. The van der Waals surface area contributed by atoms with Gasteiger partial charge in [-0.15, -0.1) is 0 Å². The highest BCUT2D eigenvalue weighted by atomic mass is 14.2. The summed E-state index contributed by atoms with van der Waals surface area (Å²) in [6, 6.07) is 15.4. The van der Waals surface area contributed by atoms with Crippen molar-refractivity contribution >= 4 is 11.1 Å². The standard InChI is InChI=1S/C22H26.C3H8.C2H6/c1-7-21(22-11-9-8-10-17(22)6)20-13-18(15(2)3)12-19(14-20)16(4)5;1-3-2;1-2/h7-14,16H,2H2,1,3-6H3;3H2,1-2H3;1-2H3/b21-7-;;. The minimum absolute atomic E-state index is 0.507. The van der Waals surface area contributed by atoms with Gasteiger partial charge in [0.25, 0.3) is 0 Å². The Balaban J connectivity index is 0.00000123. The number of allylic oxidation sites excluding steroid dienone is 2. The van der Waals surface area contributed by atoms with Gasteiger partial charge in [0.1, 0.15) is 0 Å².